The first kappa shape index (κ1) is 21.6. The lowest BCUT2D eigenvalue weighted by Crippen LogP contribution is -2.38. The molecule has 4 rings (SSSR count). The van der Waals surface area contributed by atoms with Crippen molar-refractivity contribution in [3.05, 3.63) is 88.2 Å². The Hall–Kier alpha value is -3.58. The molecule has 0 aliphatic carbocycles. The fourth-order valence-corrected chi connectivity index (χ4v) is 4.37. The summed E-state index contributed by atoms with van der Waals surface area (Å²) in [5.41, 5.74) is 4.42. The van der Waals surface area contributed by atoms with Gasteiger partial charge in [-0.2, -0.15) is 0 Å². The maximum absolute atomic E-state index is 12.5. The second-order valence-electron chi connectivity index (χ2n) is 7.79. The van der Waals surface area contributed by atoms with Crippen LogP contribution in [0.2, 0.25) is 0 Å². The molecular formula is C25H26N4O2S. The summed E-state index contributed by atoms with van der Waals surface area (Å²) in [5.74, 6) is -0.480. The number of hydrogen-bond acceptors (Lipinski definition) is 4. The van der Waals surface area contributed by atoms with E-state index in [4.69, 9.17) is 0 Å². The Balaban J connectivity index is 1.50. The van der Waals surface area contributed by atoms with Crippen LogP contribution in [0.4, 0.5) is 5.69 Å². The Kier molecular flexibility index (Phi) is 6.56. The Labute approximate surface area is 191 Å². The van der Waals surface area contributed by atoms with Gasteiger partial charge in [0.15, 0.2) is 0 Å². The van der Waals surface area contributed by atoms with Crippen LogP contribution in [-0.2, 0) is 4.79 Å². The molecule has 0 radical (unpaired) electrons. The molecule has 0 saturated carbocycles. The Morgan fingerprint density at radius 2 is 1.78 bits per heavy atom. The summed E-state index contributed by atoms with van der Waals surface area (Å²) >= 11 is 1.35. The van der Waals surface area contributed by atoms with E-state index in [2.05, 4.69) is 50.8 Å². The average Bonchev–Trinajstić information content (AvgIpc) is 3.49. The minimum Gasteiger partial charge on any atom is -0.378 e. The van der Waals surface area contributed by atoms with Gasteiger partial charge in [0.05, 0.1) is 11.4 Å². The molecule has 2 aromatic heterocycles. The van der Waals surface area contributed by atoms with E-state index in [-0.39, 0.29) is 24.3 Å². The van der Waals surface area contributed by atoms with Crippen LogP contribution in [0.1, 0.15) is 26.7 Å². The summed E-state index contributed by atoms with van der Waals surface area (Å²) in [6.07, 6.45) is 2.01. The molecule has 2 heterocycles. The number of rotatable bonds is 8. The van der Waals surface area contributed by atoms with Gasteiger partial charge >= 0.3 is 0 Å². The van der Waals surface area contributed by atoms with Gasteiger partial charge in [-0.15, -0.1) is 11.3 Å². The molecule has 0 spiro atoms. The molecular weight excluding hydrogens is 420 g/mol. The SMILES string of the molecule is CN(C)c1ccc([C@H](CNC(=O)CNC(=O)c2cccs2)c2c[nH]c3ccccc23)cc1. The van der Waals surface area contributed by atoms with Crippen molar-refractivity contribution in [1.29, 1.82) is 0 Å². The number of benzene rings is 2. The second-order valence-corrected chi connectivity index (χ2v) is 8.74. The highest BCUT2D eigenvalue weighted by molar-refractivity contribution is 7.12. The smallest absolute Gasteiger partial charge is 0.261 e. The summed E-state index contributed by atoms with van der Waals surface area (Å²) in [6.45, 7) is 0.369. The van der Waals surface area contributed by atoms with E-state index < -0.39 is 0 Å². The lowest BCUT2D eigenvalue weighted by molar-refractivity contribution is -0.120. The minimum absolute atomic E-state index is 0.0284. The zero-order valence-corrected chi connectivity index (χ0v) is 18.9. The van der Waals surface area contributed by atoms with Gasteiger partial charge in [0.2, 0.25) is 5.91 Å². The van der Waals surface area contributed by atoms with Gasteiger partial charge in [-0.05, 0) is 40.8 Å². The van der Waals surface area contributed by atoms with Crippen molar-refractivity contribution in [2.45, 2.75) is 5.92 Å². The number of nitrogens with zero attached hydrogens (tertiary/aromatic N) is 1. The largest absolute Gasteiger partial charge is 0.378 e. The van der Waals surface area contributed by atoms with Gasteiger partial charge in [-0.25, -0.2) is 0 Å². The maximum atomic E-state index is 12.5. The average molecular weight is 447 g/mol. The summed E-state index contributed by atoms with van der Waals surface area (Å²) in [5, 5.41) is 8.65. The molecule has 0 saturated heterocycles. The zero-order valence-electron chi connectivity index (χ0n) is 18.1. The molecule has 4 aromatic rings. The number of para-hydroxylation sites is 1. The highest BCUT2D eigenvalue weighted by atomic mass is 32.1. The van der Waals surface area contributed by atoms with E-state index in [1.807, 2.05) is 49.9 Å². The number of thiophene rings is 1. The molecule has 2 amide bonds. The minimum atomic E-state index is -0.234. The number of amides is 2. The van der Waals surface area contributed by atoms with Crippen LogP contribution in [0.15, 0.2) is 72.2 Å². The lowest BCUT2D eigenvalue weighted by atomic mass is 9.90. The van der Waals surface area contributed by atoms with Gasteiger partial charge in [-0.3, -0.25) is 9.59 Å². The van der Waals surface area contributed by atoms with Crippen molar-refractivity contribution in [2.24, 2.45) is 0 Å². The van der Waals surface area contributed by atoms with Crippen LogP contribution in [0.25, 0.3) is 10.9 Å². The lowest BCUT2D eigenvalue weighted by Gasteiger charge is -2.20. The van der Waals surface area contributed by atoms with E-state index in [1.54, 1.807) is 6.07 Å². The molecule has 3 N–H and O–H groups in total. The third-order valence-corrected chi connectivity index (χ3v) is 6.33. The van der Waals surface area contributed by atoms with E-state index in [0.29, 0.717) is 11.4 Å². The molecule has 32 heavy (non-hydrogen) atoms. The van der Waals surface area contributed by atoms with Crippen LogP contribution >= 0.6 is 11.3 Å². The number of aromatic nitrogens is 1. The summed E-state index contributed by atoms with van der Waals surface area (Å²) in [7, 11) is 4.02. The highest BCUT2D eigenvalue weighted by Gasteiger charge is 2.19. The van der Waals surface area contributed by atoms with Crippen molar-refractivity contribution >= 4 is 39.7 Å². The van der Waals surface area contributed by atoms with Gasteiger partial charge in [0.1, 0.15) is 0 Å². The number of nitrogens with one attached hydrogen (secondary N) is 3. The fourth-order valence-electron chi connectivity index (χ4n) is 3.73. The number of carbonyl (C=O) groups excluding carboxylic acids is 2. The molecule has 7 heteroatoms. The predicted octanol–water partition coefficient (Wildman–Crippen LogP) is 3.97. The third-order valence-electron chi connectivity index (χ3n) is 5.47. The third kappa shape index (κ3) is 4.84. The molecule has 0 aliphatic heterocycles. The van der Waals surface area contributed by atoms with Gasteiger partial charge in [0.25, 0.3) is 5.91 Å². The number of H-pyrrole nitrogens is 1. The molecule has 164 valence electrons. The number of fused-ring (bicyclic) bond motifs is 1. The first-order chi connectivity index (χ1) is 15.5. The van der Waals surface area contributed by atoms with Crippen LogP contribution in [0, 0.1) is 0 Å². The second kappa shape index (κ2) is 9.70. The highest BCUT2D eigenvalue weighted by Crippen LogP contribution is 2.31. The number of hydrogen-bond donors (Lipinski definition) is 3. The van der Waals surface area contributed by atoms with E-state index in [0.717, 1.165) is 27.7 Å². The summed E-state index contributed by atoms with van der Waals surface area (Å²) in [4.78, 5) is 30.6. The van der Waals surface area contributed by atoms with E-state index in [9.17, 15) is 9.59 Å². The van der Waals surface area contributed by atoms with Gasteiger partial charge < -0.3 is 20.5 Å². The molecule has 0 aliphatic rings. The van der Waals surface area contributed by atoms with Crippen molar-refractivity contribution in [2.75, 3.05) is 32.1 Å². The first-order valence-electron chi connectivity index (χ1n) is 10.4. The molecule has 0 fully saturated rings. The van der Waals surface area contributed by atoms with Crippen molar-refractivity contribution in [3.63, 3.8) is 0 Å². The zero-order chi connectivity index (χ0) is 22.5. The van der Waals surface area contributed by atoms with E-state index in [1.165, 1.54) is 11.3 Å². The Morgan fingerprint density at radius 1 is 1.00 bits per heavy atom. The van der Waals surface area contributed by atoms with Gasteiger partial charge in [-0.1, -0.05) is 36.4 Å². The van der Waals surface area contributed by atoms with Crippen molar-refractivity contribution in [1.82, 2.24) is 15.6 Å². The maximum Gasteiger partial charge on any atom is 0.261 e. The standard InChI is InChI=1S/C25H26N4O2S/c1-29(2)18-11-9-17(10-12-18)20(21-15-26-22-7-4-3-6-19(21)22)14-27-24(30)16-28-25(31)23-8-5-13-32-23/h3-13,15,20,26H,14,16H2,1-2H3,(H,27,30)(H,28,31)/t20-/m0/s1. The number of carbonyl (C=O) groups is 2. The molecule has 0 bridgehead atoms. The van der Waals surface area contributed by atoms with Crippen LogP contribution in [-0.4, -0.2) is 44.0 Å². The van der Waals surface area contributed by atoms with Crippen LogP contribution < -0.4 is 15.5 Å². The number of aromatic amines is 1. The summed E-state index contributed by atoms with van der Waals surface area (Å²) < 4.78 is 0. The first-order valence-corrected chi connectivity index (χ1v) is 11.3. The van der Waals surface area contributed by atoms with Crippen molar-refractivity contribution in [3.8, 4) is 0 Å². The quantitative estimate of drug-likeness (QED) is 0.383. The summed E-state index contributed by atoms with van der Waals surface area (Å²) in [6, 6.07) is 20.1. The topological polar surface area (TPSA) is 77.2 Å². The molecule has 2 aromatic carbocycles. The molecule has 6 nitrogen and oxygen atoms in total. The van der Waals surface area contributed by atoms with Gasteiger partial charge in [0, 0.05) is 49.3 Å². The van der Waals surface area contributed by atoms with Crippen LogP contribution in [0.3, 0.4) is 0 Å². The monoisotopic (exact) mass is 446 g/mol. The predicted molar refractivity (Wildman–Crippen MR) is 131 cm³/mol. The normalized spacial score (nSPS) is 11.8. The van der Waals surface area contributed by atoms with Crippen LogP contribution in [0.5, 0.6) is 0 Å². The molecule has 1 atom stereocenters. The van der Waals surface area contributed by atoms with E-state index >= 15 is 0 Å². The Morgan fingerprint density at radius 3 is 2.50 bits per heavy atom. The number of anilines is 1. The fraction of sp³-hybridized carbons (Fsp3) is 0.200. The van der Waals surface area contributed by atoms with Crippen molar-refractivity contribution < 1.29 is 9.59 Å². The Bertz CT molecular complexity index is 1200. The molecule has 0 unspecified atom stereocenters.